The van der Waals surface area contributed by atoms with Crippen LogP contribution in [0.5, 0.6) is 5.75 Å². The quantitative estimate of drug-likeness (QED) is 0.582. The molecule has 1 aliphatic rings. The van der Waals surface area contributed by atoms with Crippen molar-refractivity contribution in [3.8, 4) is 5.75 Å². The smallest absolute Gasteiger partial charge is 0.331 e. The molecular weight excluding hydrogens is 365 g/mol. The highest BCUT2D eigenvalue weighted by atomic mass is 19.1. The number of hydrogen-bond acceptors (Lipinski definition) is 5. The number of carbonyl (C=O) groups is 2. The van der Waals surface area contributed by atoms with Gasteiger partial charge in [-0.2, -0.15) is 5.10 Å². The van der Waals surface area contributed by atoms with Gasteiger partial charge in [0, 0.05) is 12.1 Å². The molecule has 2 aromatic rings. The maximum atomic E-state index is 13.6. The summed E-state index contributed by atoms with van der Waals surface area (Å²) in [4.78, 5) is 23.8. The molecule has 1 saturated carbocycles. The normalized spacial score (nSPS) is 14.4. The number of amides is 1. The summed E-state index contributed by atoms with van der Waals surface area (Å²) in [5.41, 5.74) is 0.472. The summed E-state index contributed by atoms with van der Waals surface area (Å²) in [6.07, 6.45) is 8.55. The van der Waals surface area contributed by atoms with Crippen LogP contribution in [0.3, 0.4) is 0 Å². The number of halogens is 1. The van der Waals surface area contributed by atoms with Crippen LogP contribution in [0.1, 0.15) is 37.3 Å². The van der Waals surface area contributed by atoms with Crippen molar-refractivity contribution in [2.75, 3.05) is 19.0 Å². The third-order valence-corrected chi connectivity index (χ3v) is 4.54. The molecule has 148 valence electrons. The number of nitrogens with one attached hydrogen (secondary N) is 1. The number of hydrogen-bond donors (Lipinski definition) is 1. The van der Waals surface area contributed by atoms with Gasteiger partial charge in [0.2, 0.25) is 0 Å². The lowest BCUT2D eigenvalue weighted by molar-refractivity contribution is -0.142. The summed E-state index contributed by atoms with van der Waals surface area (Å²) in [5.74, 6) is -0.964. The van der Waals surface area contributed by atoms with E-state index in [1.807, 2.05) is 4.68 Å². The molecule has 0 bridgehead atoms. The first-order chi connectivity index (χ1) is 13.6. The zero-order valence-corrected chi connectivity index (χ0v) is 15.6. The topological polar surface area (TPSA) is 82.4 Å². The molecule has 0 radical (unpaired) electrons. The summed E-state index contributed by atoms with van der Waals surface area (Å²) in [7, 11) is 1.37. The van der Waals surface area contributed by atoms with Crippen LogP contribution in [-0.4, -0.2) is 35.4 Å². The highest BCUT2D eigenvalue weighted by molar-refractivity contribution is 5.94. The molecule has 0 spiro atoms. The minimum atomic E-state index is -0.698. The van der Waals surface area contributed by atoms with Gasteiger partial charge in [-0.15, -0.1) is 0 Å². The van der Waals surface area contributed by atoms with E-state index < -0.39 is 24.3 Å². The largest absolute Gasteiger partial charge is 0.494 e. The van der Waals surface area contributed by atoms with Gasteiger partial charge in [-0.05, 0) is 36.6 Å². The van der Waals surface area contributed by atoms with E-state index in [1.165, 1.54) is 25.3 Å². The van der Waals surface area contributed by atoms with Gasteiger partial charge in [0.15, 0.2) is 18.2 Å². The fourth-order valence-corrected chi connectivity index (χ4v) is 3.17. The average Bonchev–Trinajstić information content (AvgIpc) is 3.36. The van der Waals surface area contributed by atoms with Crippen molar-refractivity contribution < 1.29 is 23.5 Å². The standard InChI is InChI=1S/C20H22FN3O4/c1-27-17-8-6-14(12-16(17)21)7-9-20(26)28-13-19(25)23-18-10-11-22-24(18)15-4-2-3-5-15/h6-12,15H,2-5,13H2,1H3,(H,23,25)/b9-7+. The number of anilines is 1. The van der Waals surface area contributed by atoms with Crippen molar-refractivity contribution in [2.24, 2.45) is 0 Å². The van der Waals surface area contributed by atoms with Crippen molar-refractivity contribution in [1.29, 1.82) is 0 Å². The van der Waals surface area contributed by atoms with Gasteiger partial charge in [0.1, 0.15) is 5.82 Å². The van der Waals surface area contributed by atoms with Crippen molar-refractivity contribution in [2.45, 2.75) is 31.7 Å². The van der Waals surface area contributed by atoms with Gasteiger partial charge in [-0.25, -0.2) is 13.9 Å². The summed E-state index contributed by atoms with van der Waals surface area (Å²) in [6, 6.07) is 6.31. The van der Waals surface area contributed by atoms with Crippen LogP contribution >= 0.6 is 0 Å². The minimum absolute atomic E-state index is 0.119. The van der Waals surface area contributed by atoms with E-state index in [1.54, 1.807) is 18.3 Å². The van der Waals surface area contributed by atoms with E-state index in [2.05, 4.69) is 10.4 Å². The molecular formula is C20H22FN3O4. The highest BCUT2D eigenvalue weighted by Gasteiger charge is 2.20. The van der Waals surface area contributed by atoms with Gasteiger partial charge in [0.05, 0.1) is 19.3 Å². The van der Waals surface area contributed by atoms with Crippen LogP contribution in [0.25, 0.3) is 6.08 Å². The molecule has 28 heavy (non-hydrogen) atoms. The molecule has 0 atom stereocenters. The van der Waals surface area contributed by atoms with Crippen LogP contribution in [0.2, 0.25) is 0 Å². The molecule has 8 heteroatoms. The van der Waals surface area contributed by atoms with Gasteiger partial charge in [-0.3, -0.25) is 4.79 Å². The van der Waals surface area contributed by atoms with E-state index in [0.29, 0.717) is 17.4 Å². The van der Waals surface area contributed by atoms with Crippen LogP contribution in [0, 0.1) is 5.82 Å². The molecule has 1 aromatic carbocycles. The average molecular weight is 387 g/mol. The number of esters is 1. The summed E-state index contributed by atoms with van der Waals surface area (Å²) < 4.78 is 25.2. The first-order valence-corrected chi connectivity index (χ1v) is 9.08. The predicted molar refractivity (Wildman–Crippen MR) is 101 cm³/mol. The van der Waals surface area contributed by atoms with Crippen molar-refractivity contribution in [3.63, 3.8) is 0 Å². The molecule has 1 aliphatic carbocycles. The summed E-state index contributed by atoms with van der Waals surface area (Å²) >= 11 is 0. The highest BCUT2D eigenvalue weighted by Crippen LogP contribution is 2.31. The first kappa shape index (κ1) is 19.6. The van der Waals surface area contributed by atoms with Crippen LogP contribution in [0.15, 0.2) is 36.5 Å². The number of methoxy groups -OCH3 is 1. The van der Waals surface area contributed by atoms with Crippen molar-refractivity contribution in [3.05, 3.63) is 47.9 Å². The number of carbonyl (C=O) groups excluding carboxylic acids is 2. The Kier molecular flexibility index (Phi) is 6.41. The van der Waals surface area contributed by atoms with Crippen LogP contribution in [0.4, 0.5) is 10.2 Å². The molecule has 0 aliphatic heterocycles. The zero-order chi connectivity index (χ0) is 19.9. The van der Waals surface area contributed by atoms with E-state index in [0.717, 1.165) is 31.8 Å². The first-order valence-electron chi connectivity index (χ1n) is 9.08. The Balaban J connectivity index is 1.49. The maximum absolute atomic E-state index is 13.6. The molecule has 1 amide bonds. The van der Waals surface area contributed by atoms with Gasteiger partial charge >= 0.3 is 5.97 Å². The fourth-order valence-electron chi connectivity index (χ4n) is 3.17. The van der Waals surface area contributed by atoms with Gasteiger partial charge in [-0.1, -0.05) is 18.9 Å². The van der Waals surface area contributed by atoms with Gasteiger partial charge < -0.3 is 14.8 Å². The lowest BCUT2D eigenvalue weighted by atomic mass is 10.2. The number of aromatic nitrogens is 2. The zero-order valence-electron chi connectivity index (χ0n) is 15.6. The number of rotatable bonds is 7. The lowest BCUT2D eigenvalue weighted by Gasteiger charge is -2.14. The van der Waals surface area contributed by atoms with Gasteiger partial charge in [0.25, 0.3) is 5.91 Å². The molecule has 0 unspecified atom stereocenters. The Bertz CT molecular complexity index is 872. The fraction of sp³-hybridized carbons (Fsp3) is 0.350. The second-order valence-corrected chi connectivity index (χ2v) is 6.48. The van der Waals surface area contributed by atoms with E-state index in [4.69, 9.17) is 9.47 Å². The Hall–Kier alpha value is -3.16. The monoisotopic (exact) mass is 387 g/mol. The predicted octanol–water partition coefficient (Wildman–Crippen LogP) is 3.34. The molecule has 1 heterocycles. The number of nitrogens with zero attached hydrogens (tertiary/aromatic N) is 2. The number of benzene rings is 1. The van der Waals surface area contributed by atoms with E-state index >= 15 is 0 Å². The molecule has 7 nitrogen and oxygen atoms in total. The third kappa shape index (κ3) is 4.97. The van der Waals surface area contributed by atoms with Crippen LogP contribution < -0.4 is 10.1 Å². The van der Waals surface area contributed by atoms with Crippen LogP contribution in [-0.2, 0) is 14.3 Å². The Morgan fingerprint density at radius 2 is 2.11 bits per heavy atom. The lowest BCUT2D eigenvalue weighted by Crippen LogP contribution is -2.22. The Labute approximate surface area is 162 Å². The molecule has 1 aromatic heterocycles. The van der Waals surface area contributed by atoms with Crippen molar-refractivity contribution >= 4 is 23.8 Å². The Morgan fingerprint density at radius 3 is 2.82 bits per heavy atom. The minimum Gasteiger partial charge on any atom is -0.494 e. The second kappa shape index (κ2) is 9.16. The number of ether oxygens (including phenoxy) is 2. The molecule has 1 N–H and O–H groups in total. The second-order valence-electron chi connectivity index (χ2n) is 6.48. The van der Waals surface area contributed by atoms with Crippen molar-refractivity contribution in [1.82, 2.24) is 9.78 Å². The molecule has 0 saturated heterocycles. The summed E-state index contributed by atoms with van der Waals surface area (Å²) in [6.45, 7) is -0.421. The SMILES string of the molecule is COc1ccc(/C=C/C(=O)OCC(=O)Nc2ccnn2C2CCCC2)cc1F. The van der Waals surface area contributed by atoms with E-state index in [-0.39, 0.29) is 5.75 Å². The maximum Gasteiger partial charge on any atom is 0.331 e. The third-order valence-electron chi connectivity index (χ3n) is 4.54. The van der Waals surface area contributed by atoms with E-state index in [9.17, 15) is 14.0 Å². The molecule has 1 fully saturated rings. The molecule has 3 rings (SSSR count). The Morgan fingerprint density at radius 1 is 1.32 bits per heavy atom. The summed E-state index contributed by atoms with van der Waals surface area (Å²) in [5, 5.41) is 6.99.